The predicted octanol–water partition coefficient (Wildman–Crippen LogP) is 3.80. The van der Waals surface area contributed by atoms with Crippen LogP contribution in [0.15, 0.2) is 6.07 Å². The van der Waals surface area contributed by atoms with Crippen molar-refractivity contribution in [1.29, 1.82) is 0 Å². The molecule has 5 rings (SSSR count). The molecule has 2 aromatic rings. The molecule has 1 atom stereocenters. The highest BCUT2D eigenvalue weighted by Gasteiger charge is 2.33. The van der Waals surface area contributed by atoms with E-state index in [-0.39, 0.29) is 17.9 Å². The van der Waals surface area contributed by atoms with Gasteiger partial charge in [0.05, 0.1) is 11.4 Å². The van der Waals surface area contributed by atoms with Crippen LogP contribution >= 0.6 is 23.6 Å². The van der Waals surface area contributed by atoms with E-state index in [1.165, 1.54) is 23.3 Å². The number of nitrogens with zero attached hydrogens (tertiary/aromatic N) is 2. The van der Waals surface area contributed by atoms with Crippen LogP contribution in [0, 0.1) is 18.8 Å². The Morgan fingerprint density at radius 2 is 2.06 bits per heavy atom. The van der Waals surface area contributed by atoms with E-state index in [1.54, 1.807) is 16.0 Å². The highest BCUT2D eigenvalue weighted by Crippen LogP contribution is 2.44. The summed E-state index contributed by atoms with van der Waals surface area (Å²) < 4.78 is 1.80. The standard InChI is InChI=1S/C22H30N6OS2/c1-12-9-18(28(2)27-12)25-22(30)24-15-7-8-17-16(10-15)19(23-11-13-3-4-13)21(31-17)26-20(29)14-5-6-14/h9,13-15,23H,3-8,10-11H2,1-2H3,(H,26,29)(H2,24,25,30). The van der Waals surface area contributed by atoms with Crippen LogP contribution in [-0.4, -0.2) is 33.4 Å². The molecule has 2 aromatic heterocycles. The third kappa shape index (κ3) is 4.87. The molecule has 0 aromatic carbocycles. The molecule has 3 aliphatic rings. The third-order valence-corrected chi connectivity index (χ3v) is 7.72. The van der Waals surface area contributed by atoms with E-state index >= 15 is 0 Å². The maximum absolute atomic E-state index is 12.4. The number of amides is 1. The Kier molecular flexibility index (Phi) is 5.64. The van der Waals surface area contributed by atoms with Gasteiger partial charge in [0, 0.05) is 36.5 Å². The molecule has 31 heavy (non-hydrogen) atoms. The number of carbonyl (C=O) groups excluding carboxylic acids is 1. The zero-order valence-corrected chi connectivity index (χ0v) is 19.7. The first-order valence-electron chi connectivity index (χ1n) is 11.2. The summed E-state index contributed by atoms with van der Waals surface area (Å²) in [6.45, 7) is 2.96. The highest BCUT2D eigenvalue weighted by atomic mass is 32.1. The molecular weight excluding hydrogens is 428 g/mol. The van der Waals surface area contributed by atoms with E-state index < -0.39 is 0 Å². The fourth-order valence-corrected chi connectivity index (χ4v) is 5.67. The normalized spacial score (nSPS) is 20.1. The van der Waals surface area contributed by atoms with Gasteiger partial charge in [-0.25, -0.2) is 0 Å². The second kappa shape index (κ2) is 8.43. The van der Waals surface area contributed by atoms with Gasteiger partial charge in [-0.3, -0.25) is 9.48 Å². The van der Waals surface area contributed by atoms with Crippen molar-refractivity contribution in [3.63, 3.8) is 0 Å². The fraction of sp³-hybridized carbons (Fsp3) is 0.591. The van der Waals surface area contributed by atoms with Crippen LogP contribution in [-0.2, 0) is 24.7 Å². The van der Waals surface area contributed by atoms with Gasteiger partial charge in [-0.05, 0) is 75.6 Å². The largest absolute Gasteiger partial charge is 0.382 e. The van der Waals surface area contributed by atoms with Crippen molar-refractivity contribution in [2.45, 2.75) is 57.9 Å². The van der Waals surface area contributed by atoms with Crippen LogP contribution in [0.2, 0.25) is 0 Å². The number of hydrogen-bond acceptors (Lipinski definition) is 5. The molecule has 3 aliphatic carbocycles. The molecule has 7 nitrogen and oxygen atoms in total. The maximum Gasteiger partial charge on any atom is 0.228 e. The van der Waals surface area contributed by atoms with E-state index in [2.05, 4.69) is 26.4 Å². The van der Waals surface area contributed by atoms with Crippen LogP contribution in [0.5, 0.6) is 0 Å². The first-order chi connectivity index (χ1) is 15.0. The smallest absolute Gasteiger partial charge is 0.228 e. The molecule has 2 saturated carbocycles. The lowest BCUT2D eigenvalue weighted by Gasteiger charge is -2.26. The third-order valence-electron chi connectivity index (χ3n) is 6.29. The summed E-state index contributed by atoms with van der Waals surface area (Å²) in [7, 11) is 1.91. The molecule has 166 valence electrons. The van der Waals surface area contributed by atoms with Crippen molar-refractivity contribution in [3.05, 3.63) is 22.2 Å². The van der Waals surface area contributed by atoms with Crippen molar-refractivity contribution in [1.82, 2.24) is 15.1 Å². The Hall–Kier alpha value is -2.13. The zero-order chi connectivity index (χ0) is 21.5. The SMILES string of the molecule is Cc1cc(NC(=S)NC2CCc3sc(NC(=O)C4CC4)c(NCC4CC4)c3C2)n(C)n1. The van der Waals surface area contributed by atoms with E-state index in [0.29, 0.717) is 5.11 Å². The first kappa shape index (κ1) is 20.8. The Balaban J connectivity index is 1.28. The molecule has 1 amide bonds. The van der Waals surface area contributed by atoms with Crippen LogP contribution in [0.3, 0.4) is 0 Å². The number of rotatable bonds is 7. The number of nitrogens with one attached hydrogen (secondary N) is 4. The first-order valence-corrected chi connectivity index (χ1v) is 12.5. The predicted molar refractivity (Wildman–Crippen MR) is 130 cm³/mol. The quantitative estimate of drug-likeness (QED) is 0.473. The van der Waals surface area contributed by atoms with Gasteiger partial charge < -0.3 is 21.3 Å². The summed E-state index contributed by atoms with van der Waals surface area (Å²) in [6, 6.07) is 2.26. The number of anilines is 3. The lowest BCUT2D eigenvalue weighted by molar-refractivity contribution is -0.117. The molecule has 0 spiro atoms. The van der Waals surface area contributed by atoms with Gasteiger partial charge in [-0.1, -0.05) is 0 Å². The molecule has 0 bridgehead atoms. The number of aromatic nitrogens is 2. The van der Waals surface area contributed by atoms with Crippen molar-refractivity contribution >= 4 is 51.1 Å². The van der Waals surface area contributed by atoms with E-state index in [1.807, 2.05) is 20.0 Å². The van der Waals surface area contributed by atoms with Crippen molar-refractivity contribution in [2.24, 2.45) is 18.9 Å². The topological polar surface area (TPSA) is 83.0 Å². The second-order valence-electron chi connectivity index (χ2n) is 9.13. The summed E-state index contributed by atoms with van der Waals surface area (Å²) in [5.41, 5.74) is 3.45. The van der Waals surface area contributed by atoms with Crippen LogP contribution in [0.4, 0.5) is 16.5 Å². The van der Waals surface area contributed by atoms with Crippen LogP contribution < -0.4 is 21.3 Å². The van der Waals surface area contributed by atoms with Crippen molar-refractivity contribution < 1.29 is 4.79 Å². The maximum atomic E-state index is 12.4. The number of thiophene rings is 1. The van der Waals surface area contributed by atoms with E-state index in [4.69, 9.17) is 12.2 Å². The highest BCUT2D eigenvalue weighted by molar-refractivity contribution is 7.80. The van der Waals surface area contributed by atoms with Crippen molar-refractivity contribution in [3.8, 4) is 0 Å². The molecular formula is C22H30N6OS2. The average Bonchev–Trinajstić information content (AvgIpc) is 3.63. The van der Waals surface area contributed by atoms with Crippen LogP contribution in [0.1, 0.15) is 48.2 Å². The lowest BCUT2D eigenvalue weighted by atomic mass is 9.93. The Labute approximate surface area is 192 Å². The number of fused-ring (bicyclic) bond motifs is 1. The molecule has 2 heterocycles. The van der Waals surface area contributed by atoms with Crippen LogP contribution in [0.25, 0.3) is 0 Å². The second-order valence-corrected chi connectivity index (χ2v) is 10.6. The summed E-state index contributed by atoms with van der Waals surface area (Å²) in [6.07, 6.45) is 7.59. The summed E-state index contributed by atoms with van der Waals surface area (Å²) in [4.78, 5) is 13.8. The lowest BCUT2D eigenvalue weighted by Crippen LogP contribution is -2.41. The fourth-order valence-electron chi connectivity index (χ4n) is 4.18. The number of carbonyl (C=O) groups is 1. The molecule has 1 unspecified atom stereocenters. The number of hydrogen-bond donors (Lipinski definition) is 4. The monoisotopic (exact) mass is 458 g/mol. The summed E-state index contributed by atoms with van der Waals surface area (Å²) >= 11 is 7.33. The number of thiocarbonyl (C=S) groups is 1. The molecule has 0 aliphatic heterocycles. The van der Waals surface area contributed by atoms with Gasteiger partial charge in [0.25, 0.3) is 0 Å². The Bertz CT molecular complexity index is 1000. The molecule has 0 saturated heterocycles. The Morgan fingerprint density at radius 3 is 2.74 bits per heavy atom. The average molecular weight is 459 g/mol. The van der Waals surface area contributed by atoms with Gasteiger partial charge in [-0.2, -0.15) is 5.10 Å². The van der Waals surface area contributed by atoms with Gasteiger partial charge in [-0.15, -0.1) is 11.3 Å². The summed E-state index contributed by atoms with van der Waals surface area (Å²) in [5, 5.41) is 19.7. The van der Waals surface area contributed by atoms with Gasteiger partial charge in [0.2, 0.25) is 5.91 Å². The minimum atomic E-state index is 0.180. The molecule has 2 fully saturated rings. The minimum Gasteiger partial charge on any atom is -0.382 e. The van der Waals surface area contributed by atoms with Gasteiger partial charge in [0.15, 0.2) is 5.11 Å². The molecule has 0 radical (unpaired) electrons. The van der Waals surface area contributed by atoms with Gasteiger partial charge >= 0.3 is 0 Å². The van der Waals surface area contributed by atoms with E-state index in [0.717, 1.165) is 66.8 Å². The van der Waals surface area contributed by atoms with E-state index in [9.17, 15) is 4.79 Å². The zero-order valence-electron chi connectivity index (χ0n) is 18.1. The number of aryl methyl sites for hydroxylation is 3. The summed E-state index contributed by atoms with van der Waals surface area (Å²) in [5.74, 6) is 2.06. The Morgan fingerprint density at radius 1 is 1.26 bits per heavy atom. The molecule has 9 heteroatoms. The molecule has 4 N–H and O–H groups in total. The van der Waals surface area contributed by atoms with Crippen molar-refractivity contribution in [2.75, 3.05) is 22.5 Å². The van der Waals surface area contributed by atoms with Gasteiger partial charge in [0.1, 0.15) is 10.8 Å². The minimum absolute atomic E-state index is 0.180.